The average molecular weight is 581 g/mol. The number of carbonyl (C=O) groups is 4. The Balaban J connectivity index is 3.01. The molecule has 17 heteroatoms. The number of hydrogen-bond donors (Lipinski definition) is 10. The van der Waals surface area contributed by atoms with Crippen molar-refractivity contribution in [1.82, 2.24) is 25.9 Å². The van der Waals surface area contributed by atoms with Gasteiger partial charge >= 0.3 is 5.97 Å². The number of H-pyrrole nitrogens is 1. The largest absolute Gasteiger partial charge is 0.480 e. The summed E-state index contributed by atoms with van der Waals surface area (Å²) in [6.45, 7) is 4.09. The molecule has 0 bridgehead atoms. The van der Waals surface area contributed by atoms with Crippen LogP contribution < -0.4 is 44.6 Å². The second-order valence-electron chi connectivity index (χ2n) is 9.62. The summed E-state index contributed by atoms with van der Waals surface area (Å²) in [5, 5.41) is 17.4. The molecule has 0 spiro atoms. The van der Waals surface area contributed by atoms with Crippen LogP contribution in [0.3, 0.4) is 0 Å². The predicted molar refractivity (Wildman–Crippen MR) is 153 cm³/mol. The Hall–Kier alpha value is -4.41. The highest BCUT2D eigenvalue weighted by atomic mass is 16.4. The van der Waals surface area contributed by atoms with Crippen LogP contribution in [0.4, 0.5) is 0 Å². The van der Waals surface area contributed by atoms with E-state index in [0.717, 1.165) is 0 Å². The van der Waals surface area contributed by atoms with E-state index in [0.29, 0.717) is 31.5 Å². The van der Waals surface area contributed by atoms with Gasteiger partial charge in [0.2, 0.25) is 17.7 Å². The number of nitrogens with one attached hydrogen (secondary N) is 4. The van der Waals surface area contributed by atoms with Gasteiger partial charge in [0.1, 0.15) is 18.1 Å². The van der Waals surface area contributed by atoms with Gasteiger partial charge in [0.15, 0.2) is 11.9 Å². The van der Waals surface area contributed by atoms with E-state index in [1.807, 2.05) is 6.92 Å². The Morgan fingerprint density at radius 3 is 2.02 bits per heavy atom. The van der Waals surface area contributed by atoms with Crippen LogP contribution in [0.5, 0.6) is 0 Å². The maximum atomic E-state index is 13.4. The van der Waals surface area contributed by atoms with Crippen molar-refractivity contribution in [2.75, 3.05) is 13.1 Å². The number of imidazole rings is 1. The number of aliphatic imine (C=N–C) groups is 2. The SMILES string of the molecule is CCC(C)C(NC(=O)C(N)CCCN=C(N)N)C(=O)NC(CCCN=C(N)N)C(=O)NC(Cc1cnc[nH]1)C(=O)O. The first-order valence-electron chi connectivity index (χ1n) is 13.3. The third kappa shape index (κ3) is 13.5. The third-order valence-corrected chi connectivity index (χ3v) is 6.27. The van der Waals surface area contributed by atoms with E-state index in [9.17, 15) is 24.3 Å². The summed E-state index contributed by atoms with van der Waals surface area (Å²) in [4.78, 5) is 65.6. The van der Waals surface area contributed by atoms with E-state index in [2.05, 4.69) is 35.9 Å². The molecule has 17 nitrogen and oxygen atoms in total. The molecule has 0 aliphatic heterocycles. The molecule has 41 heavy (non-hydrogen) atoms. The molecule has 1 rings (SSSR count). The van der Waals surface area contributed by atoms with Gasteiger partial charge in [-0.15, -0.1) is 0 Å². The highest BCUT2D eigenvalue weighted by Gasteiger charge is 2.32. The van der Waals surface area contributed by atoms with E-state index in [4.69, 9.17) is 28.7 Å². The zero-order valence-electron chi connectivity index (χ0n) is 23.5. The van der Waals surface area contributed by atoms with Crippen LogP contribution in [-0.4, -0.2) is 87.9 Å². The molecule has 0 aliphatic carbocycles. The molecular formula is C24H44N12O5. The van der Waals surface area contributed by atoms with Gasteiger partial charge < -0.3 is 54.7 Å². The summed E-state index contributed by atoms with van der Waals surface area (Å²) in [7, 11) is 0. The first-order valence-corrected chi connectivity index (χ1v) is 13.3. The van der Waals surface area contributed by atoms with Crippen LogP contribution in [0.25, 0.3) is 0 Å². The molecule has 0 aromatic carbocycles. The zero-order valence-corrected chi connectivity index (χ0v) is 23.5. The molecule has 1 heterocycles. The van der Waals surface area contributed by atoms with Crippen molar-refractivity contribution < 1.29 is 24.3 Å². The fraction of sp³-hybridized carbons (Fsp3) is 0.625. The van der Waals surface area contributed by atoms with Crippen molar-refractivity contribution in [2.24, 2.45) is 44.6 Å². The lowest BCUT2D eigenvalue weighted by Crippen LogP contribution is -2.58. The Morgan fingerprint density at radius 2 is 1.51 bits per heavy atom. The van der Waals surface area contributed by atoms with Crippen LogP contribution in [0.2, 0.25) is 0 Å². The van der Waals surface area contributed by atoms with Gasteiger partial charge in [-0.25, -0.2) is 9.78 Å². The van der Waals surface area contributed by atoms with Crippen LogP contribution in [0.15, 0.2) is 22.5 Å². The molecule has 0 saturated heterocycles. The second-order valence-corrected chi connectivity index (χ2v) is 9.62. The molecule has 0 radical (unpaired) electrons. The first kappa shape index (κ1) is 34.6. The maximum Gasteiger partial charge on any atom is 0.326 e. The summed E-state index contributed by atoms with van der Waals surface area (Å²) < 4.78 is 0. The number of rotatable bonds is 19. The number of amides is 3. The molecule has 0 saturated carbocycles. The molecule has 1 aromatic rings. The van der Waals surface area contributed by atoms with Crippen LogP contribution >= 0.6 is 0 Å². The molecule has 0 fully saturated rings. The molecule has 15 N–H and O–H groups in total. The lowest BCUT2D eigenvalue weighted by molar-refractivity contribution is -0.142. The average Bonchev–Trinajstić information content (AvgIpc) is 3.42. The number of nitrogens with two attached hydrogens (primary N) is 5. The van der Waals surface area contributed by atoms with Gasteiger partial charge in [0.25, 0.3) is 0 Å². The molecule has 230 valence electrons. The molecule has 5 atom stereocenters. The number of carbonyl (C=O) groups excluding carboxylic acids is 3. The smallest absolute Gasteiger partial charge is 0.326 e. The number of carboxylic acid groups (broad SMARTS) is 1. The molecular weight excluding hydrogens is 536 g/mol. The Bertz CT molecular complexity index is 1040. The van der Waals surface area contributed by atoms with Crippen molar-refractivity contribution in [2.45, 2.75) is 76.5 Å². The van der Waals surface area contributed by atoms with E-state index < -0.39 is 47.9 Å². The Morgan fingerprint density at radius 1 is 0.927 bits per heavy atom. The minimum atomic E-state index is -1.29. The highest BCUT2D eigenvalue weighted by molar-refractivity contribution is 5.94. The lowest BCUT2D eigenvalue weighted by atomic mass is 9.96. The van der Waals surface area contributed by atoms with Gasteiger partial charge in [0, 0.05) is 31.4 Å². The third-order valence-electron chi connectivity index (χ3n) is 6.27. The van der Waals surface area contributed by atoms with Gasteiger partial charge in [-0.05, 0) is 31.6 Å². The van der Waals surface area contributed by atoms with Gasteiger partial charge in [-0.3, -0.25) is 24.4 Å². The minimum Gasteiger partial charge on any atom is -0.480 e. The van der Waals surface area contributed by atoms with E-state index in [1.165, 1.54) is 12.5 Å². The topological polar surface area (TPSA) is 308 Å². The van der Waals surface area contributed by atoms with Crippen LogP contribution in [0.1, 0.15) is 51.6 Å². The molecule has 5 unspecified atom stereocenters. The molecule has 0 aliphatic rings. The number of aromatic amines is 1. The number of nitrogens with zero attached hydrogens (tertiary/aromatic N) is 3. The van der Waals surface area contributed by atoms with Gasteiger partial charge in [0.05, 0.1) is 12.4 Å². The second kappa shape index (κ2) is 18.0. The van der Waals surface area contributed by atoms with Crippen LogP contribution in [-0.2, 0) is 25.6 Å². The maximum absolute atomic E-state index is 13.4. The van der Waals surface area contributed by atoms with Crippen molar-refractivity contribution in [3.8, 4) is 0 Å². The number of aromatic nitrogens is 2. The van der Waals surface area contributed by atoms with Crippen molar-refractivity contribution in [3.05, 3.63) is 18.2 Å². The van der Waals surface area contributed by atoms with Crippen molar-refractivity contribution >= 4 is 35.6 Å². The fourth-order valence-corrected chi connectivity index (χ4v) is 3.74. The van der Waals surface area contributed by atoms with Crippen LogP contribution in [0, 0.1) is 5.92 Å². The zero-order chi connectivity index (χ0) is 30.9. The predicted octanol–water partition coefficient (Wildman–Crippen LogP) is -3.03. The van der Waals surface area contributed by atoms with E-state index >= 15 is 0 Å². The number of aliphatic carboxylic acids is 1. The summed E-state index contributed by atoms with van der Waals surface area (Å²) in [6.07, 6.45) is 4.44. The quantitative estimate of drug-likeness (QED) is 0.0445. The fourth-order valence-electron chi connectivity index (χ4n) is 3.74. The van der Waals surface area contributed by atoms with E-state index in [1.54, 1.807) is 6.92 Å². The molecule has 3 amide bonds. The normalized spacial score (nSPS) is 14.4. The summed E-state index contributed by atoms with van der Waals surface area (Å²) in [6, 6.07) is -4.36. The monoisotopic (exact) mass is 580 g/mol. The highest BCUT2D eigenvalue weighted by Crippen LogP contribution is 2.11. The summed E-state index contributed by atoms with van der Waals surface area (Å²) in [5.74, 6) is -3.67. The number of carboxylic acids is 1. The standard InChI is InChI=1S/C24H44N12O5/c1-3-13(2)18(36-19(37)15(25)6-4-8-31-23(26)27)21(39)34-16(7-5-9-32-24(28)29)20(38)35-17(22(40)41)10-14-11-30-12-33-14/h11-13,15-18H,3-10,25H2,1-2H3,(H,30,33)(H,34,39)(H,35,38)(H,36,37)(H,40,41)(H4,26,27,31)(H4,28,29,32). The first-order chi connectivity index (χ1) is 19.3. The summed E-state index contributed by atoms with van der Waals surface area (Å²) in [5.41, 5.74) is 27.8. The lowest BCUT2D eigenvalue weighted by Gasteiger charge is -2.28. The van der Waals surface area contributed by atoms with Crippen molar-refractivity contribution in [1.29, 1.82) is 0 Å². The Kier molecular flexibility index (Phi) is 15.2. The van der Waals surface area contributed by atoms with Crippen molar-refractivity contribution in [3.63, 3.8) is 0 Å². The van der Waals surface area contributed by atoms with Gasteiger partial charge in [-0.2, -0.15) is 0 Å². The number of guanidine groups is 2. The molecule has 1 aromatic heterocycles. The Labute approximate surface area is 238 Å². The number of hydrogen-bond acceptors (Lipinski definition) is 8. The minimum absolute atomic E-state index is 0.0532. The van der Waals surface area contributed by atoms with Gasteiger partial charge in [-0.1, -0.05) is 20.3 Å². The summed E-state index contributed by atoms with van der Waals surface area (Å²) >= 11 is 0. The van der Waals surface area contributed by atoms with E-state index in [-0.39, 0.29) is 43.6 Å².